The van der Waals surface area contributed by atoms with Crippen LogP contribution in [0.1, 0.15) is 53.5 Å². The van der Waals surface area contributed by atoms with E-state index in [4.69, 9.17) is 10.7 Å². The zero-order valence-corrected chi connectivity index (χ0v) is 21.2. The Balaban J connectivity index is 1.27. The number of pyridine rings is 1. The van der Waals surface area contributed by atoms with Crippen LogP contribution in [0.4, 0.5) is 10.2 Å². The van der Waals surface area contributed by atoms with Crippen LogP contribution in [0, 0.1) is 5.82 Å². The predicted octanol–water partition coefficient (Wildman–Crippen LogP) is 2.31. The number of carbonyl (C=O) groups excluding carboxylic acids is 2. The van der Waals surface area contributed by atoms with Gasteiger partial charge in [0.2, 0.25) is 5.82 Å². The molecule has 3 atom stereocenters. The zero-order valence-electron chi connectivity index (χ0n) is 21.2. The van der Waals surface area contributed by atoms with Crippen molar-refractivity contribution in [1.82, 2.24) is 49.9 Å². The summed E-state index contributed by atoms with van der Waals surface area (Å²) in [5.41, 5.74) is 10.0. The quantitative estimate of drug-likeness (QED) is 0.272. The summed E-state index contributed by atoms with van der Waals surface area (Å²) >= 11 is 0. The second kappa shape index (κ2) is 9.32. The van der Waals surface area contributed by atoms with Gasteiger partial charge < -0.3 is 15.4 Å². The van der Waals surface area contributed by atoms with Gasteiger partial charge in [0, 0.05) is 53.5 Å². The molecular formula is C26H24FN11O2. The Labute approximate surface area is 226 Å². The summed E-state index contributed by atoms with van der Waals surface area (Å²) < 4.78 is 16.5. The second-order valence-corrected chi connectivity index (χ2v) is 10.1. The third-order valence-corrected chi connectivity index (χ3v) is 7.98. The molecule has 5 aromatic rings. The van der Waals surface area contributed by atoms with E-state index in [1.807, 2.05) is 4.90 Å². The van der Waals surface area contributed by atoms with Gasteiger partial charge in [-0.3, -0.25) is 20.0 Å². The summed E-state index contributed by atoms with van der Waals surface area (Å²) in [6, 6.07) is 3.02. The minimum Gasteiger partial charge on any atom is -0.383 e. The highest BCUT2D eigenvalue weighted by molar-refractivity contribution is 5.91. The number of rotatable bonds is 6. The van der Waals surface area contributed by atoms with E-state index >= 15 is 4.39 Å². The van der Waals surface area contributed by atoms with Crippen LogP contribution in [0.5, 0.6) is 0 Å². The van der Waals surface area contributed by atoms with Crippen molar-refractivity contribution in [3.63, 3.8) is 0 Å². The molecule has 0 spiro atoms. The number of nitrogens with two attached hydrogens (primary N) is 1. The van der Waals surface area contributed by atoms with Gasteiger partial charge in [-0.1, -0.05) is 0 Å². The van der Waals surface area contributed by atoms with Crippen LogP contribution >= 0.6 is 0 Å². The Morgan fingerprint density at radius 3 is 2.65 bits per heavy atom. The molecule has 1 amide bonds. The van der Waals surface area contributed by atoms with Crippen LogP contribution in [-0.2, 0) is 11.2 Å². The largest absolute Gasteiger partial charge is 0.383 e. The molecule has 4 N–H and O–H groups in total. The first kappa shape index (κ1) is 24.1. The van der Waals surface area contributed by atoms with Crippen molar-refractivity contribution in [3.8, 4) is 22.5 Å². The fourth-order valence-corrected chi connectivity index (χ4v) is 6.23. The number of halogens is 1. The summed E-state index contributed by atoms with van der Waals surface area (Å²) in [6.45, 7) is 0. The molecule has 202 valence electrons. The Bertz CT molecular complexity index is 1720. The Morgan fingerprint density at radius 1 is 1.15 bits per heavy atom. The molecule has 14 heteroatoms. The van der Waals surface area contributed by atoms with E-state index in [1.54, 1.807) is 18.5 Å². The first-order valence-corrected chi connectivity index (χ1v) is 13.0. The SMILES string of the molecule is Nc1c(CC=O)c(C2C[C@H]3CC[C@@H](C2)N3C(=O)c2ncn[nH]2)nc2c(-c3cnc(-c4ccn[nH]4)c(F)c3)cnn12. The van der Waals surface area contributed by atoms with Crippen molar-refractivity contribution >= 4 is 23.7 Å². The maximum Gasteiger partial charge on any atom is 0.291 e. The number of nitrogens with zero attached hydrogens (tertiary/aromatic N) is 8. The minimum atomic E-state index is -0.521. The first-order valence-electron chi connectivity index (χ1n) is 13.0. The molecule has 7 rings (SSSR count). The fraction of sp³-hybridized carbons (Fsp3) is 0.308. The third-order valence-electron chi connectivity index (χ3n) is 7.98. The number of piperidine rings is 1. The highest BCUT2D eigenvalue weighted by Gasteiger charge is 2.45. The maximum absolute atomic E-state index is 15.1. The normalized spacial score (nSPS) is 20.3. The van der Waals surface area contributed by atoms with E-state index in [0.29, 0.717) is 52.4 Å². The highest BCUT2D eigenvalue weighted by atomic mass is 19.1. The number of nitrogen functional groups attached to an aromatic ring is 1. The van der Waals surface area contributed by atoms with E-state index in [1.165, 1.54) is 23.1 Å². The van der Waals surface area contributed by atoms with E-state index < -0.39 is 5.82 Å². The van der Waals surface area contributed by atoms with E-state index in [2.05, 4.69) is 35.5 Å². The van der Waals surface area contributed by atoms with Gasteiger partial charge in [0.1, 0.15) is 24.1 Å². The second-order valence-electron chi connectivity index (χ2n) is 10.1. The summed E-state index contributed by atoms with van der Waals surface area (Å²) in [6.07, 6.45) is 9.95. The number of H-pyrrole nitrogens is 2. The standard InChI is InChI=1S/C26H24FN11O2/c27-19-9-14(10-29-22(19)20-3-5-31-35-20)18-11-33-38-23(28)17(4-6-39)21(34-25(18)38)13-7-15-1-2-16(8-13)37(15)26(40)24-30-12-32-36-24/h3,5-6,9-13,15-16H,1-2,4,7-8,28H2,(H,31,35)(H,30,32,36)/t13?,15-,16+. The summed E-state index contributed by atoms with van der Waals surface area (Å²) in [5, 5.41) is 17.5. The molecule has 7 heterocycles. The summed E-state index contributed by atoms with van der Waals surface area (Å²) in [4.78, 5) is 40.0. The Kier molecular flexibility index (Phi) is 5.61. The van der Waals surface area contributed by atoms with E-state index in [9.17, 15) is 9.59 Å². The average Bonchev–Trinajstić information content (AvgIpc) is 3.77. The molecule has 0 saturated carbocycles. The summed E-state index contributed by atoms with van der Waals surface area (Å²) in [5.74, 6) is -0.172. The van der Waals surface area contributed by atoms with Crippen LogP contribution in [0.15, 0.2) is 37.1 Å². The topological polar surface area (TPSA) is 177 Å². The third kappa shape index (κ3) is 3.74. The molecule has 2 bridgehead atoms. The van der Waals surface area contributed by atoms with Crippen LogP contribution in [0.2, 0.25) is 0 Å². The molecule has 40 heavy (non-hydrogen) atoms. The number of carbonyl (C=O) groups is 2. The minimum absolute atomic E-state index is 0.00221. The zero-order chi connectivity index (χ0) is 27.4. The molecule has 0 radical (unpaired) electrons. The lowest BCUT2D eigenvalue weighted by atomic mass is 9.85. The Morgan fingerprint density at radius 2 is 1.98 bits per heavy atom. The molecule has 5 aromatic heterocycles. The van der Waals surface area contributed by atoms with Gasteiger partial charge in [0.05, 0.1) is 17.6 Å². The molecule has 2 fully saturated rings. The van der Waals surface area contributed by atoms with Crippen molar-refractivity contribution in [2.75, 3.05) is 5.73 Å². The number of hydrogen-bond acceptors (Lipinski definition) is 9. The highest BCUT2D eigenvalue weighted by Crippen LogP contribution is 2.45. The molecular weight excluding hydrogens is 517 g/mol. The van der Waals surface area contributed by atoms with Gasteiger partial charge in [-0.25, -0.2) is 14.4 Å². The van der Waals surface area contributed by atoms with Gasteiger partial charge in [-0.2, -0.15) is 19.8 Å². The van der Waals surface area contributed by atoms with Crippen LogP contribution in [-0.4, -0.2) is 74.1 Å². The van der Waals surface area contributed by atoms with Crippen molar-refractivity contribution < 1.29 is 14.0 Å². The maximum atomic E-state index is 15.1. The Hall–Kier alpha value is -5.01. The van der Waals surface area contributed by atoms with Crippen molar-refractivity contribution in [1.29, 1.82) is 0 Å². The summed E-state index contributed by atoms with van der Waals surface area (Å²) in [7, 11) is 0. The van der Waals surface area contributed by atoms with Crippen molar-refractivity contribution in [2.45, 2.75) is 50.1 Å². The lowest BCUT2D eigenvalue weighted by Gasteiger charge is -2.38. The number of nitrogens with one attached hydrogen (secondary N) is 2. The molecule has 2 saturated heterocycles. The van der Waals surface area contributed by atoms with Crippen LogP contribution < -0.4 is 5.73 Å². The number of hydrogen-bond donors (Lipinski definition) is 3. The molecule has 1 unspecified atom stereocenters. The van der Waals surface area contributed by atoms with Gasteiger partial charge in [0.25, 0.3) is 5.91 Å². The number of aromatic nitrogens is 9. The van der Waals surface area contributed by atoms with Crippen molar-refractivity contribution in [2.24, 2.45) is 0 Å². The van der Waals surface area contributed by atoms with Crippen LogP contribution in [0.3, 0.4) is 0 Å². The van der Waals surface area contributed by atoms with Gasteiger partial charge in [-0.05, 0) is 37.8 Å². The number of aldehydes is 1. The van der Waals surface area contributed by atoms with Crippen molar-refractivity contribution in [3.05, 3.63) is 59.9 Å². The van der Waals surface area contributed by atoms with Crippen LogP contribution in [0.25, 0.3) is 28.2 Å². The lowest BCUT2D eigenvalue weighted by Crippen LogP contribution is -2.46. The first-order chi connectivity index (χ1) is 19.5. The lowest BCUT2D eigenvalue weighted by molar-refractivity contribution is -0.107. The number of amides is 1. The van der Waals surface area contributed by atoms with E-state index in [-0.39, 0.29) is 41.8 Å². The predicted molar refractivity (Wildman–Crippen MR) is 139 cm³/mol. The smallest absolute Gasteiger partial charge is 0.291 e. The van der Waals surface area contributed by atoms with E-state index in [0.717, 1.165) is 19.1 Å². The van der Waals surface area contributed by atoms with Gasteiger partial charge in [-0.15, -0.1) is 0 Å². The number of fused-ring (bicyclic) bond motifs is 3. The monoisotopic (exact) mass is 541 g/mol. The fourth-order valence-electron chi connectivity index (χ4n) is 6.23. The van der Waals surface area contributed by atoms with Gasteiger partial charge in [0.15, 0.2) is 11.5 Å². The molecule has 0 aliphatic carbocycles. The molecule has 2 aliphatic rings. The molecule has 0 aromatic carbocycles. The number of anilines is 1. The molecule has 13 nitrogen and oxygen atoms in total. The molecule has 2 aliphatic heterocycles. The van der Waals surface area contributed by atoms with Gasteiger partial charge >= 0.3 is 0 Å². The average molecular weight is 542 g/mol. The number of aromatic amines is 2.